The third-order valence-corrected chi connectivity index (χ3v) is 3.82. The van der Waals surface area contributed by atoms with Crippen LogP contribution < -0.4 is 0 Å². The van der Waals surface area contributed by atoms with Gasteiger partial charge in [0.2, 0.25) is 0 Å². The summed E-state index contributed by atoms with van der Waals surface area (Å²) in [6, 6.07) is 0. The number of carbonyl (C=O) groups excluding carboxylic acids is 1. The zero-order chi connectivity index (χ0) is 16.5. The van der Waals surface area contributed by atoms with E-state index in [1.54, 1.807) is 0 Å². The molecule has 0 aliphatic carbocycles. The summed E-state index contributed by atoms with van der Waals surface area (Å²) in [4.78, 5) is 14.3. The van der Waals surface area contributed by atoms with Crippen molar-refractivity contribution in [2.45, 2.75) is 96.5 Å². The van der Waals surface area contributed by atoms with Crippen molar-refractivity contribution in [1.29, 1.82) is 0 Å². The highest BCUT2D eigenvalue weighted by Crippen LogP contribution is 2.10. The molecular weight excluding hydrogens is 280 g/mol. The average Bonchev–Trinajstić information content (AvgIpc) is 2.53. The summed E-state index contributed by atoms with van der Waals surface area (Å²) in [6.07, 6.45) is 17.2. The maximum absolute atomic E-state index is 10.7. The van der Waals surface area contributed by atoms with Gasteiger partial charge in [-0.25, -0.2) is 4.79 Å². The molecular formula is C18H34O4. The summed E-state index contributed by atoms with van der Waals surface area (Å²) in [5, 5.41) is 17.9. The molecule has 2 N–H and O–H groups in total. The fraction of sp³-hybridized carbons (Fsp3) is 0.833. The molecule has 130 valence electrons. The predicted molar refractivity (Wildman–Crippen MR) is 89.6 cm³/mol. The van der Waals surface area contributed by atoms with Gasteiger partial charge in [-0.15, -0.1) is 0 Å². The molecule has 0 aliphatic heterocycles. The van der Waals surface area contributed by atoms with E-state index in [0.29, 0.717) is 6.42 Å². The molecule has 1 unspecified atom stereocenters. The lowest BCUT2D eigenvalue weighted by Crippen LogP contribution is -2.04. The molecule has 0 heterocycles. The summed E-state index contributed by atoms with van der Waals surface area (Å²) >= 11 is 0. The topological polar surface area (TPSA) is 66.8 Å². The van der Waals surface area contributed by atoms with Gasteiger partial charge in [0.25, 0.3) is 0 Å². The van der Waals surface area contributed by atoms with Gasteiger partial charge < -0.3 is 9.99 Å². The zero-order valence-corrected chi connectivity index (χ0v) is 14.1. The van der Waals surface area contributed by atoms with E-state index in [2.05, 4.69) is 24.0 Å². The molecule has 0 rings (SSSR count). The Bertz CT molecular complexity index is 276. The quantitative estimate of drug-likeness (QED) is 0.193. The van der Waals surface area contributed by atoms with E-state index in [9.17, 15) is 9.90 Å². The van der Waals surface area contributed by atoms with Crippen LogP contribution >= 0.6 is 0 Å². The fourth-order valence-electron chi connectivity index (χ4n) is 2.40. The number of allylic oxidation sites excluding steroid dienone is 1. The molecule has 4 nitrogen and oxygen atoms in total. The van der Waals surface area contributed by atoms with Gasteiger partial charge in [0, 0.05) is 6.42 Å². The molecule has 0 fully saturated rings. The van der Waals surface area contributed by atoms with Crippen LogP contribution in [0.2, 0.25) is 0 Å². The van der Waals surface area contributed by atoms with E-state index in [1.807, 2.05) is 0 Å². The Kier molecular flexibility index (Phi) is 15.8. The number of unbranched alkanes of at least 4 members (excludes halogenated alkanes) is 8. The van der Waals surface area contributed by atoms with Gasteiger partial charge in [-0.1, -0.05) is 64.0 Å². The fourth-order valence-corrected chi connectivity index (χ4v) is 2.40. The molecule has 22 heavy (non-hydrogen) atoms. The van der Waals surface area contributed by atoms with E-state index in [4.69, 9.17) is 5.26 Å². The van der Waals surface area contributed by atoms with Crippen molar-refractivity contribution in [1.82, 2.24) is 0 Å². The molecule has 0 saturated carbocycles. The Morgan fingerprint density at radius 1 is 1.00 bits per heavy atom. The Morgan fingerprint density at radius 2 is 1.68 bits per heavy atom. The van der Waals surface area contributed by atoms with Gasteiger partial charge >= 0.3 is 5.97 Å². The van der Waals surface area contributed by atoms with Crippen molar-refractivity contribution in [2.24, 2.45) is 0 Å². The minimum atomic E-state index is -0.545. The second kappa shape index (κ2) is 16.5. The highest BCUT2D eigenvalue weighted by atomic mass is 17.1. The maximum atomic E-state index is 10.7. The summed E-state index contributed by atoms with van der Waals surface area (Å²) in [7, 11) is 0. The lowest BCUT2D eigenvalue weighted by molar-refractivity contribution is -0.234. The number of hydrogen-bond acceptors (Lipinski definition) is 4. The summed E-state index contributed by atoms with van der Waals surface area (Å²) in [6.45, 7) is 2.20. The molecule has 0 radical (unpaired) electrons. The van der Waals surface area contributed by atoms with E-state index in [1.165, 1.54) is 19.3 Å². The third-order valence-electron chi connectivity index (χ3n) is 3.82. The largest absolute Gasteiger partial charge is 0.393 e. The van der Waals surface area contributed by atoms with Crippen LogP contribution in [0.3, 0.4) is 0 Å². The van der Waals surface area contributed by atoms with Crippen LogP contribution in [-0.4, -0.2) is 22.4 Å². The van der Waals surface area contributed by atoms with Gasteiger partial charge in [0.15, 0.2) is 0 Å². The average molecular weight is 314 g/mol. The maximum Gasteiger partial charge on any atom is 0.342 e. The number of aliphatic hydroxyl groups is 1. The molecule has 0 saturated heterocycles. The second-order valence-corrected chi connectivity index (χ2v) is 5.98. The van der Waals surface area contributed by atoms with Crippen LogP contribution in [0, 0.1) is 0 Å². The summed E-state index contributed by atoms with van der Waals surface area (Å²) in [5.74, 6) is -0.545. The number of hydrogen-bond donors (Lipinski definition) is 2. The summed E-state index contributed by atoms with van der Waals surface area (Å²) < 4.78 is 0. The number of aliphatic hydroxyl groups excluding tert-OH is 1. The van der Waals surface area contributed by atoms with Crippen molar-refractivity contribution in [2.75, 3.05) is 0 Å². The number of carbonyl (C=O) groups is 1. The van der Waals surface area contributed by atoms with Crippen LogP contribution in [-0.2, 0) is 9.68 Å². The Morgan fingerprint density at radius 3 is 2.41 bits per heavy atom. The molecule has 0 amide bonds. The Labute approximate surface area is 135 Å². The first kappa shape index (κ1) is 21.1. The SMILES string of the molecule is CCCCCCC(O)C/C=C\CCCCCCCC(=O)OO. The third kappa shape index (κ3) is 15.5. The molecule has 1 atom stereocenters. The van der Waals surface area contributed by atoms with Crippen LogP contribution in [0.4, 0.5) is 0 Å². The van der Waals surface area contributed by atoms with Crippen LogP contribution in [0.15, 0.2) is 12.2 Å². The normalized spacial score (nSPS) is 12.7. The van der Waals surface area contributed by atoms with Crippen molar-refractivity contribution in [3.63, 3.8) is 0 Å². The first-order valence-corrected chi connectivity index (χ1v) is 8.88. The molecule has 0 aliphatic rings. The minimum absolute atomic E-state index is 0.181. The molecule has 0 aromatic carbocycles. The van der Waals surface area contributed by atoms with Crippen LogP contribution in [0.5, 0.6) is 0 Å². The van der Waals surface area contributed by atoms with E-state index >= 15 is 0 Å². The smallest absolute Gasteiger partial charge is 0.342 e. The standard InChI is InChI=1S/C18H34O4/c1-2-3-4-11-14-17(19)15-12-9-7-5-6-8-10-13-16-18(20)22-21/h9,12,17,19,21H,2-8,10-11,13-16H2,1H3/b12-9-. The van der Waals surface area contributed by atoms with Crippen LogP contribution in [0.1, 0.15) is 90.4 Å². The first-order chi connectivity index (χ1) is 10.7. The second-order valence-electron chi connectivity index (χ2n) is 5.98. The van der Waals surface area contributed by atoms with Crippen molar-refractivity contribution >= 4 is 5.97 Å². The highest BCUT2D eigenvalue weighted by Gasteiger charge is 2.01. The highest BCUT2D eigenvalue weighted by molar-refractivity contribution is 5.68. The van der Waals surface area contributed by atoms with Gasteiger partial charge in [-0.2, -0.15) is 5.26 Å². The van der Waals surface area contributed by atoms with Gasteiger partial charge in [0.05, 0.1) is 6.10 Å². The number of rotatable bonds is 15. The lowest BCUT2D eigenvalue weighted by atomic mass is 10.1. The van der Waals surface area contributed by atoms with Crippen molar-refractivity contribution < 1.29 is 20.0 Å². The summed E-state index contributed by atoms with van der Waals surface area (Å²) in [5.41, 5.74) is 0. The van der Waals surface area contributed by atoms with E-state index in [0.717, 1.165) is 57.8 Å². The molecule has 4 heteroatoms. The molecule has 0 bridgehead atoms. The minimum Gasteiger partial charge on any atom is -0.393 e. The van der Waals surface area contributed by atoms with E-state index < -0.39 is 5.97 Å². The van der Waals surface area contributed by atoms with Gasteiger partial charge in [-0.05, 0) is 32.1 Å². The first-order valence-electron chi connectivity index (χ1n) is 8.88. The lowest BCUT2D eigenvalue weighted by Gasteiger charge is -2.07. The Hall–Kier alpha value is -0.870. The van der Waals surface area contributed by atoms with E-state index in [-0.39, 0.29) is 6.10 Å². The van der Waals surface area contributed by atoms with Gasteiger partial charge in [-0.3, -0.25) is 0 Å². The molecule has 0 spiro atoms. The molecule has 0 aromatic heterocycles. The predicted octanol–water partition coefficient (Wildman–Crippen LogP) is 5.01. The van der Waals surface area contributed by atoms with Crippen molar-refractivity contribution in [3.8, 4) is 0 Å². The Balaban J connectivity index is 3.28. The zero-order valence-electron chi connectivity index (χ0n) is 14.1. The van der Waals surface area contributed by atoms with Crippen LogP contribution in [0.25, 0.3) is 0 Å². The monoisotopic (exact) mass is 314 g/mol. The van der Waals surface area contributed by atoms with Crippen molar-refractivity contribution in [3.05, 3.63) is 12.2 Å². The van der Waals surface area contributed by atoms with Gasteiger partial charge in [0.1, 0.15) is 0 Å². The molecule has 0 aromatic rings.